The van der Waals surface area contributed by atoms with E-state index in [1.165, 1.54) is 6.42 Å². The fraction of sp³-hybridized carbons (Fsp3) is 0.462. The van der Waals surface area contributed by atoms with Crippen molar-refractivity contribution < 1.29 is 4.79 Å². The first kappa shape index (κ1) is 12.2. The Kier molecular flexibility index (Phi) is 3.57. The van der Waals surface area contributed by atoms with Crippen molar-refractivity contribution in [2.75, 3.05) is 5.73 Å². The van der Waals surface area contributed by atoms with Crippen molar-refractivity contribution in [2.24, 2.45) is 5.92 Å². The summed E-state index contributed by atoms with van der Waals surface area (Å²) in [5, 5.41) is 3.43. The summed E-state index contributed by atoms with van der Waals surface area (Å²) in [6.07, 6.45) is 3.29. The molecule has 1 fully saturated rings. The van der Waals surface area contributed by atoms with Crippen molar-refractivity contribution in [1.29, 1.82) is 0 Å². The first-order valence-corrected chi connectivity index (χ1v) is 6.30. The van der Waals surface area contributed by atoms with Gasteiger partial charge in [0.1, 0.15) is 0 Å². The summed E-state index contributed by atoms with van der Waals surface area (Å²) in [7, 11) is 0. The summed E-state index contributed by atoms with van der Waals surface area (Å²) < 4.78 is 0. The number of halogens is 1. The zero-order valence-electron chi connectivity index (χ0n) is 9.87. The molecular formula is C13H17ClN2O. The maximum atomic E-state index is 12.0. The third-order valence-electron chi connectivity index (χ3n) is 3.27. The second-order valence-electron chi connectivity index (χ2n) is 4.83. The van der Waals surface area contributed by atoms with E-state index in [1.807, 2.05) is 0 Å². The van der Waals surface area contributed by atoms with Gasteiger partial charge in [-0.25, -0.2) is 0 Å². The molecule has 1 saturated carbocycles. The Bertz CT molecular complexity index is 433. The van der Waals surface area contributed by atoms with Crippen molar-refractivity contribution in [1.82, 2.24) is 5.32 Å². The molecule has 1 aromatic carbocycles. The molecule has 17 heavy (non-hydrogen) atoms. The van der Waals surface area contributed by atoms with Crippen LogP contribution in [0, 0.1) is 5.92 Å². The molecule has 0 spiro atoms. The van der Waals surface area contributed by atoms with E-state index in [2.05, 4.69) is 12.2 Å². The predicted octanol–water partition coefficient (Wildman–Crippen LogP) is 2.84. The molecule has 0 heterocycles. The molecule has 2 atom stereocenters. The SMILES string of the molecule is CC1CCC(NC(=O)c2ccc(N)cc2Cl)C1. The highest BCUT2D eigenvalue weighted by Crippen LogP contribution is 2.25. The van der Waals surface area contributed by atoms with E-state index >= 15 is 0 Å². The van der Waals surface area contributed by atoms with Gasteiger partial charge in [-0.3, -0.25) is 4.79 Å². The highest BCUT2D eigenvalue weighted by Gasteiger charge is 2.23. The highest BCUT2D eigenvalue weighted by atomic mass is 35.5. The summed E-state index contributed by atoms with van der Waals surface area (Å²) in [5.74, 6) is 0.594. The average Bonchev–Trinajstić information content (AvgIpc) is 2.63. The summed E-state index contributed by atoms with van der Waals surface area (Å²) in [5.41, 5.74) is 6.66. The number of carbonyl (C=O) groups excluding carboxylic acids is 1. The first-order chi connectivity index (χ1) is 8.06. The lowest BCUT2D eigenvalue weighted by Crippen LogP contribution is -2.33. The summed E-state index contributed by atoms with van der Waals surface area (Å²) in [4.78, 5) is 12.0. The smallest absolute Gasteiger partial charge is 0.253 e. The van der Waals surface area contributed by atoms with Crippen molar-refractivity contribution in [3.05, 3.63) is 28.8 Å². The molecule has 0 aliphatic heterocycles. The molecule has 4 heteroatoms. The van der Waals surface area contributed by atoms with Gasteiger partial charge in [0.2, 0.25) is 0 Å². The zero-order chi connectivity index (χ0) is 12.4. The molecular weight excluding hydrogens is 236 g/mol. The van der Waals surface area contributed by atoms with Crippen LogP contribution in [0.2, 0.25) is 5.02 Å². The highest BCUT2D eigenvalue weighted by molar-refractivity contribution is 6.34. The van der Waals surface area contributed by atoms with Gasteiger partial charge in [-0.05, 0) is 43.4 Å². The van der Waals surface area contributed by atoms with Gasteiger partial charge in [-0.2, -0.15) is 0 Å². The topological polar surface area (TPSA) is 55.1 Å². The van der Waals surface area contributed by atoms with Gasteiger partial charge >= 0.3 is 0 Å². The minimum absolute atomic E-state index is 0.103. The summed E-state index contributed by atoms with van der Waals surface area (Å²) >= 11 is 6.00. The van der Waals surface area contributed by atoms with Crippen molar-refractivity contribution in [3.63, 3.8) is 0 Å². The maximum Gasteiger partial charge on any atom is 0.253 e. The van der Waals surface area contributed by atoms with Crippen LogP contribution in [-0.2, 0) is 0 Å². The van der Waals surface area contributed by atoms with E-state index in [1.54, 1.807) is 18.2 Å². The van der Waals surface area contributed by atoms with Crippen LogP contribution in [0.15, 0.2) is 18.2 Å². The van der Waals surface area contributed by atoms with Gasteiger partial charge in [0.25, 0.3) is 5.91 Å². The number of nitrogens with two attached hydrogens (primary N) is 1. The second kappa shape index (κ2) is 4.96. The molecule has 0 bridgehead atoms. The number of hydrogen-bond acceptors (Lipinski definition) is 2. The monoisotopic (exact) mass is 252 g/mol. The van der Waals surface area contributed by atoms with Crippen molar-refractivity contribution in [2.45, 2.75) is 32.2 Å². The van der Waals surface area contributed by atoms with E-state index in [4.69, 9.17) is 17.3 Å². The number of amides is 1. The standard InChI is InChI=1S/C13H17ClN2O/c1-8-2-4-10(6-8)16-13(17)11-5-3-9(15)7-12(11)14/h3,5,7-8,10H,2,4,6,15H2,1H3,(H,16,17). The molecule has 2 unspecified atom stereocenters. The molecule has 3 N–H and O–H groups in total. The Morgan fingerprint density at radius 1 is 1.47 bits per heavy atom. The van der Waals surface area contributed by atoms with Gasteiger partial charge in [0.05, 0.1) is 10.6 Å². The van der Waals surface area contributed by atoms with E-state index in [0.29, 0.717) is 22.2 Å². The third kappa shape index (κ3) is 2.91. The van der Waals surface area contributed by atoms with Crippen molar-refractivity contribution >= 4 is 23.2 Å². The molecule has 92 valence electrons. The van der Waals surface area contributed by atoms with Gasteiger partial charge in [-0.1, -0.05) is 18.5 Å². The minimum atomic E-state index is -0.103. The Hall–Kier alpha value is -1.22. The Balaban J connectivity index is 2.04. The van der Waals surface area contributed by atoms with E-state index in [-0.39, 0.29) is 11.9 Å². The van der Waals surface area contributed by atoms with Crippen LogP contribution in [0.3, 0.4) is 0 Å². The van der Waals surface area contributed by atoms with Crippen LogP contribution in [0.4, 0.5) is 5.69 Å². The number of hydrogen-bond donors (Lipinski definition) is 2. The minimum Gasteiger partial charge on any atom is -0.399 e. The van der Waals surface area contributed by atoms with Gasteiger partial charge in [0, 0.05) is 11.7 Å². The van der Waals surface area contributed by atoms with E-state index in [9.17, 15) is 4.79 Å². The van der Waals surface area contributed by atoms with Crippen LogP contribution < -0.4 is 11.1 Å². The number of nitrogen functional groups attached to an aromatic ring is 1. The summed E-state index contributed by atoms with van der Waals surface area (Å²) in [6, 6.07) is 5.25. The van der Waals surface area contributed by atoms with Crippen molar-refractivity contribution in [3.8, 4) is 0 Å². The fourth-order valence-electron chi connectivity index (χ4n) is 2.32. The average molecular weight is 253 g/mol. The number of nitrogens with one attached hydrogen (secondary N) is 1. The molecule has 0 radical (unpaired) electrons. The molecule has 0 saturated heterocycles. The molecule has 3 nitrogen and oxygen atoms in total. The second-order valence-corrected chi connectivity index (χ2v) is 5.24. The normalized spacial score (nSPS) is 23.6. The maximum absolute atomic E-state index is 12.0. The number of benzene rings is 1. The van der Waals surface area contributed by atoms with Crippen LogP contribution in [0.5, 0.6) is 0 Å². The molecule has 1 aliphatic carbocycles. The lowest BCUT2D eigenvalue weighted by atomic mass is 10.1. The first-order valence-electron chi connectivity index (χ1n) is 5.92. The lowest BCUT2D eigenvalue weighted by Gasteiger charge is -2.13. The molecule has 1 aromatic rings. The fourth-order valence-corrected chi connectivity index (χ4v) is 2.59. The van der Waals surface area contributed by atoms with Crippen LogP contribution >= 0.6 is 11.6 Å². The number of rotatable bonds is 2. The lowest BCUT2D eigenvalue weighted by molar-refractivity contribution is 0.0937. The molecule has 2 rings (SSSR count). The van der Waals surface area contributed by atoms with Crippen LogP contribution in [0.1, 0.15) is 36.5 Å². The zero-order valence-corrected chi connectivity index (χ0v) is 10.6. The van der Waals surface area contributed by atoms with E-state index in [0.717, 1.165) is 12.8 Å². The molecule has 1 aliphatic rings. The molecule has 0 aromatic heterocycles. The van der Waals surface area contributed by atoms with E-state index < -0.39 is 0 Å². The number of anilines is 1. The van der Waals surface area contributed by atoms with Crippen LogP contribution in [-0.4, -0.2) is 11.9 Å². The third-order valence-corrected chi connectivity index (χ3v) is 3.58. The van der Waals surface area contributed by atoms with Crippen LogP contribution in [0.25, 0.3) is 0 Å². The Morgan fingerprint density at radius 3 is 2.82 bits per heavy atom. The predicted molar refractivity (Wildman–Crippen MR) is 70.1 cm³/mol. The number of carbonyl (C=O) groups is 1. The Labute approximate surface area is 106 Å². The van der Waals surface area contributed by atoms with Gasteiger partial charge in [-0.15, -0.1) is 0 Å². The quantitative estimate of drug-likeness (QED) is 0.796. The molecule has 1 amide bonds. The van der Waals surface area contributed by atoms with Gasteiger partial charge < -0.3 is 11.1 Å². The summed E-state index contributed by atoms with van der Waals surface area (Å²) in [6.45, 7) is 2.21. The van der Waals surface area contributed by atoms with Gasteiger partial charge in [0.15, 0.2) is 0 Å². The largest absolute Gasteiger partial charge is 0.399 e. The Morgan fingerprint density at radius 2 is 2.24 bits per heavy atom.